The minimum atomic E-state index is -1.08. The quantitative estimate of drug-likeness (QED) is 0.675. The van der Waals surface area contributed by atoms with Crippen LogP contribution in [0, 0.1) is 5.82 Å². The maximum atomic E-state index is 14.5. The van der Waals surface area contributed by atoms with E-state index in [4.69, 9.17) is 0 Å². The van der Waals surface area contributed by atoms with Crippen LogP contribution >= 0.6 is 0 Å². The molecule has 1 N–H and O–H groups in total. The third-order valence-electron chi connectivity index (χ3n) is 5.59. The molecule has 3 heterocycles. The predicted octanol–water partition coefficient (Wildman–Crippen LogP) is 3.92. The van der Waals surface area contributed by atoms with Crippen molar-refractivity contribution in [2.24, 2.45) is 0 Å². The van der Waals surface area contributed by atoms with Crippen molar-refractivity contribution in [2.75, 3.05) is 13.1 Å². The summed E-state index contributed by atoms with van der Waals surface area (Å²) in [5.74, 6) is -0.514. The summed E-state index contributed by atoms with van der Waals surface area (Å²) >= 11 is 0. The Morgan fingerprint density at radius 2 is 2.00 bits per heavy atom. The van der Waals surface area contributed by atoms with Gasteiger partial charge in [-0.3, -0.25) is 14.8 Å². The first kappa shape index (κ1) is 21.3. The Morgan fingerprint density at radius 3 is 2.74 bits per heavy atom. The van der Waals surface area contributed by atoms with Gasteiger partial charge in [-0.1, -0.05) is 26.0 Å². The van der Waals surface area contributed by atoms with Gasteiger partial charge in [-0.2, -0.15) is 0 Å². The fourth-order valence-corrected chi connectivity index (χ4v) is 4.05. The second kappa shape index (κ2) is 9.06. The van der Waals surface area contributed by atoms with E-state index in [9.17, 15) is 13.6 Å². The minimum Gasteiger partial charge on any atom is -0.339 e. The van der Waals surface area contributed by atoms with E-state index in [2.05, 4.69) is 15.3 Å². The first-order chi connectivity index (χ1) is 14.9. The summed E-state index contributed by atoms with van der Waals surface area (Å²) in [6.45, 7) is 4.62. The summed E-state index contributed by atoms with van der Waals surface area (Å²) in [7, 11) is 0. The summed E-state index contributed by atoms with van der Waals surface area (Å²) in [6, 6.07) is 9.03. The van der Waals surface area contributed by atoms with Gasteiger partial charge in [-0.05, 0) is 35.6 Å². The van der Waals surface area contributed by atoms with E-state index in [1.54, 1.807) is 17.3 Å². The van der Waals surface area contributed by atoms with Gasteiger partial charge in [-0.15, -0.1) is 0 Å². The molecule has 1 aromatic carbocycles. The lowest BCUT2D eigenvalue weighted by Crippen LogP contribution is -2.54. The molecule has 3 aromatic rings. The maximum absolute atomic E-state index is 14.5. The van der Waals surface area contributed by atoms with E-state index in [0.717, 1.165) is 16.3 Å². The lowest BCUT2D eigenvalue weighted by molar-refractivity contribution is -0.133. The number of likely N-dealkylation sites (tertiary alicyclic amines) is 1. The number of fused-ring (bicyclic) bond motifs is 1. The average Bonchev–Trinajstić information content (AvgIpc) is 2.74. The zero-order chi connectivity index (χ0) is 22.0. The molecule has 1 saturated heterocycles. The van der Waals surface area contributed by atoms with Crippen molar-refractivity contribution in [1.82, 2.24) is 20.2 Å². The second-order valence-corrected chi connectivity index (χ2v) is 8.38. The average molecular weight is 424 g/mol. The Hall–Kier alpha value is -2.93. The molecule has 1 amide bonds. The Balaban J connectivity index is 1.48. The summed E-state index contributed by atoms with van der Waals surface area (Å²) in [5, 5.41) is 5.06. The van der Waals surface area contributed by atoms with Crippen molar-refractivity contribution in [1.29, 1.82) is 0 Å². The van der Waals surface area contributed by atoms with Gasteiger partial charge in [0.2, 0.25) is 5.91 Å². The van der Waals surface area contributed by atoms with E-state index in [1.165, 1.54) is 12.3 Å². The third-order valence-corrected chi connectivity index (χ3v) is 5.59. The van der Waals surface area contributed by atoms with Crippen molar-refractivity contribution in [3.63, 3.8) is 0 Å². The number of halogens is 2. The zero-order valence-corrected chi connectivity index (χ0v) is 17.7. The Kier molecular flexibility index (Phi) is 6.23. The van der Waals surface area contributed by atoms with Crippen LogP contribution in [0.3, 0.4) is 0 Å². The number of piperidine rings is 1. The summed E-state index contributed by atoms with van der Waals surface area (Å²) < 4.78 is 28.0. The molecule has 1 aliphatic rings. The molecule has 0 spiro atoms. The lowest BCUT2D eigenvalue weighted by Gasteiger charge is -2.36. The van der Waals surface area contributed by atoms with Crippen LogP contribution in [0.5, 0.6) is 0 Å². The summed E-state index contributed by atoms with van der Waals surface area (Å²) in [6.07, 6.45) is 4.15. The standard InChI is InChI=1S/C24H26F2N4O/c1-15(2)29-23-5-6-30(14-22(23)26)24(31)10-21-9-18-7-16(3-4-17(18)12-28-21)19-8-20(25)13-27-11-19/h3-4,7-9,11-13,15,22-23,29H,5-6,10,14H2,1-2H3/t22-,23-/m0/s1. The number of benzene rings is 1. The molecule has 162 valence electrons. The molecule has 7 heteroatoms. The first-order valence-corrected chi connectivity index (χ1v) is 10.6. The number of amides is 1. The fourth-order valence-electron chi connectivity index (χ4n) is 4.05. The Morgan fingerprint density at radius 1 is 1.16 bits per heavy atom. The van der Waals surface area contributed by atoms with Gasteiger partial charge in [0.25, 0.3) is 0 Å². The topological polar surface area (TPSA) is 58.1 Å². The van der Waals surface area contributed by atoms with Gasteiger partial charge >= 0.3 is 0 Å². The molecule has 31 heavy (non-hydrogen) atoms. The van der Waals surface area contributed by atoms with Crippen molar-refractivity contribution in [2.45, 2.75) is 44.9 Å². The predicted molar refractivity (Wildman–Crippen MR) is 117 cm³/mol. The monoisotopic (exact) mass is 424 g/mol. The highest BCUT2D eigenvalue weighted by molar-refractivity contribution is 5.88. The summed E-state index contributed by atoms with van der Waals surface area (Å²) in [4.78, 5) is 22.6. The van der Waals surface area contributed by atoms with Crippen LogP contribution in [-0.4, -0.2) is 52.1 Å². The molecule has 0 aliphatic carbocycles. The fraction of sp³-hybridized carbons (Fsp3) is 0.375. The number of carbonyl (C=O) groups excluding carboxylic acids is 1. The molecule has 1 aliphatic heterocycles. The molecule has 0 unspecified atom stereocenters. The van der Waals surface area contributed by atoms with Crippen LogP contribution in [0.1, 0.15) is 26.0 Å². The minimum absolute atomic E-state index is 0.105. The maximum Gasteiger partial charge on any atom is 0.228 e. The molecular formula is C24H26F2N4O. The molecule has 0 radical (unpaired) electrons. The number of alkyl halides is 1. The van der Waals surface area contributed by atoms with Crippen LogP contribution in [-0.2, 0) is 11.2 Å². The number of nitrogens with zero attached hydrogens (tertiary/aromatic N) is 3. The summed E-state index contributed by atoms with van der Waals surface area (Å²) in [5.41, 5.74) is 2.15. The van der Waals surface area contributed by atoms with Gasteiger partial charge in [-0.25, -0.2) is 8.78 Å². The van der Waals surface area contributed by atoms with Crippen molar-refractivity contribution < 1.29 is 13.6 Å². The van der Waals surface area contributed by atoms with Gasteiger partial charge in [0, 0.05) is 42.0 Å². The highest BCUT2D eigenvalue weighted by Crippen LogP contribution is 2.25. The van der Waals surface area contributed by atoms with E-state index in [-0.39, 0.29) is 31.0 Å². The molecule has 4 rings (SSSR count). The van der Waals surface area contributed by atoms with Crippen LogP contribution in [0.4, 0.5) is 8.78 Å². The molecule has 2 atom stereocenters. The van der Waals surface area contributed by atoms with Crippen LogP contribution in [0.2, 0.25) is 0 Å². The highest BCUT2D eigenvalue weighted by atomic mass is 19.1. The zero-order valence-electron chi connectivity index (χ0n) is 17.7. The first-order valence-electron chi connectivity index (χ1n) is 10.6. The van der Waals surface area contributed by atoms with E-state index in [1.807, 2.05) is 38.1 Å². The number of carbonyl (C=O) groups is 1. The van der Waals surface area contributed by atoms with Crippen LogP contribution in [0.15, 0.2) is 48.9 Å². The molecular weight excluding hydrogens is 398 g/mol. The third kappa shape index (κ3) is 5.05. The van der Waals surface area contributed by atoms with Crippen LogP contribution < -0.4 is 5.32 Å². The molecule has 0 bridgehead atoms. The molecule has 0 saturated carbocycles. The van der Waals surface area contributed by atoms with Crippen molar-refractivity contribution >= 4 is 16.7 Å². The SMILES string of the molecule is CC(C)N[C@H]1CCN(C(=O)Cc2cc3cc(-c4cncc(F)c4)ccc3cn2)C[C@@H]1F. The largest absolute Gasteiger partial charge is 0.339 e. The van der Waals surface area contributed by atoms with Gasteiger partial charge < -0.3 is 10.2 Å². The number of nitrogens with one attached hydrogen (secondary N) is 1. The molecule has 5 nitrogen and oxygen atoms in total. The van der Waals surface area contributed by atoms with Gasteiger partial charge in [0.05, 0.1) is 24.9 Å². The Labute approximate surface area is 180 Å². The highest BCUT2D eigenvalue weighted by Gasteiger charge is 2.31. The lowest BCUT2D eigenvalue weighted by atomic mass is 10.0. The van der Waals surface area contributed by atoms with Gasteiger partial charge in [0.1, 0.15) is 12.0 Å². The number of rotatable bonds is 5. The number of aromatic nitrogens is 2. The van der Waals surface area contributed by atoms with E-state index >= 15 is 0 Å². The van der Waals surface area contributed by atoms with Crippen molar-refractivity contribution in [3.8, 4) is 11.1 Å². The van der Waals surface area contributed by atoms with E-state index < -0.39 is 12.0 Å². The van der Waals surface area contributed by atoms with Crippen LogP contribution in [0.25, 0.3) is 21.9 Å². The molecule has 2 aromatic heterocycles. The normalized spacial score (nSPS) is 19.2. The number of hydrogen-bond acceptors (Lipinski definition) is 4. The number of hydrogen-bond donors (Lipinski definition) is 1. The van der Waals surface area contributed by atoms with Crippen molar-refractivity contribution in [3.05, 3.63) is 60.4 Å². The Bertz CT molecular complexity index is 1090. The number of pyridine rings is 2. The molecule has 1 fully saturated rings. The van der Waals surface area contributed by atoms with Gasteiger partial charge in [0.15, 0.2) is 0 Å². The van der Waals surface area contributed by atoms with E-state index in [0.29, 0.717) is 24.2 Å². The smallest absolute Gasteiger partial charge is 0.228 e. The second-order valence-electron chi connectivity index (χ2n) is 8.38.